The van der Waals surface area contributed by atoms with E-state index < -0.39 is 29.5 Å². The van der Waals surface area contributed by atoms with Crippen molar-refractivity contribution in [3.05, 3.63) is 64.6 Å². The molecule has 4 atom stereocenters. The number of anilines is 2. The van der Waals surface area contributed by atoms with Crippen LogP contribution in [-0.2, 0) is 19.1 Å². The van der Waals surface area contributed by atoms with Gasteiger partial charge in [-0.15, -0.1) is 22.7 Å². The predicted octanol–water partition coefficient (Wildman–Crippen LogP) is 5.58. The highest BCUT2D eigenvalue weighted by Gasteiger charge is 2.44. The Kier molecular flexibility index (Phi) is 13.3. The Morgan fingerprint density at radius 3 is 2.46 bits per heavy atom. The third-order valence-electron chi connectivity index (χ3n) is 10.2. The fourth-order valence-electron chi connectivity index (χ4n) is 6.95. The number of thiazole rings is 2. The van der Waals surface area contributed by atoms with Gasteiger partial charge < -0.3 is 40.7 Å². The van der Waals surface area contributed by atoms with E-state index in [0.29, 0.717) is 44.1 Å². The molecular formula is C41H53N7O6S2. The summed E-state index contributed by atoms with van der Waals surface area (Å²) in [4.78, 5) is 54.7. The van der Waals surface area contributed by atoms with Crippen LogP contribution in [0.5, 0.6) is 5.75 Å². The van der Waals surface area contributed by atoms with E-state index in [0.717, 1.165) is 51.2 Å². The number of aliphatic hydroxyl groups is 1. The van der Waals surface area contributed by atoms with Crippen LogP contribution in [0.1, 0.15) is 70.7 Å². The van der Waals surface area contributed by atoms with Crippen LogP contribution >= 0.6 is 22.7 Å². The number of aliphatic hydroxyl groups excluding tert-OH is 1. The van der Waals surface area contributed by atoms with Gasteiger partial charge in [-0.05, 0) is 61.4 Å². The van der Waals surface area contributed by atoms with Crippen LogP contribution in [0, 0.1) is 12.3 Å². The van der Waals surface area contributed by atoms with Gasteiger partial charge in [-0.25, -0.2) is 9.97 Å². The standard InChI is InChI=1S/C41H53N7O6S2/c1-25(27-9-11-28(12-10-27)36-26(2)43-24-56-36)44-38(51)33-21-30(49)22-48(33)39(52)37(41(3,4)5)46-35(50)8-6-7-17-54-34-14-13-29(20-31(34)42)32-23-55-40(45-32)47-15-18-53-19-16-47/h9-14,20,23-25,30,33,37,49H,6-8,15-19,21-22,42H2,1-5H3,(H,44,51)(H,46,50)/t25-,30+,33-,37+/m0/s1. The number of nitrogens with one attached hydrogen (secondary N) is 2. The summed E-state index contributed by atoms with van der Waals surface area (Å²) in [6.07, 6.45) is 0.595. The number of amides is 3. The first-order chi connectivity index (χ1) is 26.8. The highest BCUT2D eigenvalue weighted by atomic mass is 32.1. The number of rotatable bonds is 14. The molecule has 0 saturated carbocycles. The van der Waals surface area contributed by atoms with Gasteiger partial charge >= 0.3 is 0 Å². The van der Waals surface area contributed by atoms with Crippen molar-refractivity contribution in [3.63, 3.8) is 0 Å². The molecule has 0 spiro atoms. The number of ether oxygens (including phenoxy) is 2. The Morgan fingerprint density at radius 2 is 1.79 bits per heavy atom. The first kappa shape index (κ1) is 41.1. The minimum Gasteiger partial charge on any atom is -0.491 e. The molecule has 0 radical (unpaired) electrons. The van der Waals surface area contributed by atoms with Gasteiger partial charge in [0.2, 0.25) is 17.7 Å². The smallest absolute Gasteiger partial charge is 0.246 e. The molecule has 4 heterocycles. The third kappa shape index (κ3) is 10.0. The van der Waals surface area contributed by atoms with Crippen molar-refractivity contribution in [2.24, 2.45) is 5.41 Å². The fraction of sp³-hybridized carbons (Fsp3) is 0.488. The molecule has 0 aliphatic carbocycles. The molecule has 4 aromatic rings. The SMILES string of the molecule is Cc1ncsc1-c1ccc([C@H](C)NC(=O)[C@@H]2C[C@@H](O)CN2C(=O)[C@@H](NC(=O)CCCCOc2ccc(-c3csc(N4CCOCC4)n3)cc2N)C(C)(C)C)cc1. The minimum absolute atomic E-state index is 0.0113. The molecule has 3 amide bonds. The molecule has 2 fully saturated rings. The van der Waals surface area contributed by atoms with E-state index in [-0.39, 0.29) is 37.2 Å². The van der Waals surface area contributed by atoms with E-state index in [2.05, 4.69) is 20.5 Å². The summed E-state index contributed by atoms with van der Waals surface area (Å²) in [7, 11) is 0. The second-order valence-corrected chi connectivity index (χ2v) is 17.2. The van der Waals surface area contributed by atoms with Crippen molar-refractivity contribution in [1.82, 2.24) is 25.5 Å². The average molecular weight is 804 g/mol. The Morgan fingerprint density at radius 1 is 1.05 bits per heavy atom. The van der Waals surface area contributed by atoms with Crippen molar-refractivity contribution in [2.45, 2.75) is 84.5 Å². The van der Waals surface area contributed by atoms with Gasteiger partial charge in [0.05, 0.1) is 59.4 Å². The van der Waals surface area contributed by atoms with E-state index in [4.69, 9.17) is 20.2 Å². The van der Waals surface area contributed by atoms with Gasteiger partial charge in [-0.2, -0.15) is 0 Å². The van der Waals surface area contributed by atoms with Crippen molar-refractivity contribution >= 4 is 51.2 Å². The topological polar surface area (TPSA) is 172 Å². The first-order valence-electron chi connectivity index (χ1n) is 19.2. The lowest BCUT2D eigenvalue weighted by Gasteiger charge is -2.35. The lowest BCUT2D eigenvalue weighted by atomic mass is 9.85. The predicted molar refractivity (Wildman–Crippen MR) is 221 cm³/mol. The van der Waals surface area contributed by atoms with Crippen LogP contribution in [0.15, 0.2) is 53.4 Å². The molecule has 2 aliphatic heterocycles. The highest BCUT2D eigenvalue weighted by Crippen LogP contribution is 2.33. The van der Waals surface area contributed by atoms with Gasteiger partial charge in [0, 0.05) is 43.4 Å². The maximum Gasteiger partial charge on any atom is 0.246 e. The van der Waals surface area contributed by atoms with Crippen LogP contribution in [-0.4, -0.2) is 95.3 Å². The van der Waals surface area contributed by atoms with Gasteiger partial charge in [0.15, 0.2) is 5.13 Å². The number of carbonyl (C=O) groups is 3. The highest BCUT2D eigenvalue weighted by molar-refractivity contribution is 7.14. The maximum atomic E-state index is 14.0. The number of unbranched alkanes of at least 4 members (excludes halogenated alkanes) is 1. The first-order valence-corrected chi connectivity index (χ1v) is 20.9. The number of β-amino-alcohol motifs (C(OH)–C–C–N with tert-alkyl or cyclic N) is 1. The Balaban J connectivity index is 0.977. The minimum atomic E-state index is -0.895. The number of carbonyl (C=O) groups excluding carboxylic acids is 3. The molecule has 15 heteroatoms. The zero-order valence-electron chi connectivity index (χ0n) is 32.7. The largest absolute Gasteiger partial charge is 0.491 e. The van der Waals surface area contributed by atoms with Crippen LogP contribution in [0.2, 0.25) is 0 Å². The van der Waals surface area contributed by atoms with Crippen LogP contribution in [0.4, 0.5) is 10.8 Å². The van der Waals surface area contributed by atoms with Gasteiger partial charge in [0.1, 0.15) is 17.8 Å². The maximum absolute atomic E-state index is 14.0. The van der Waals surface area contributed by atoms with E-state index >= 15 is 0 Å². The summed E-state index contributed by atoms with van der Waals surface area (Å²) < 4.78 is 11.4. The molecule has 13 nitrogen and oxygen atoms in total. The number of aromatic nitrogens is 2. The average Bonchev–Trinajstić information content (AvgIpc) is 3.94. The summed E-state index contributed by atoms with van der Waals surface area (Å²) in [5, 5.41) is 19.6. The molecule has 2 aliphatic rings. The molecule has 5 N–H and O–H groups in total. The second-order valence-electron chi connectivity index (χ2n) is 15.6. The van der Waals surface area contributed by atoms with Crippen molar-refractivity contribution in [2.75, 3.05) is 50.1 Å². The molecule has 300 valence electrons. The zero-order valence-corrected chi connectivity index (χ0v) is 34.4. The Labute approximate surface area is 336 Å². The molecule has 2 aromatic heterocycles. The second kappa shape index (κ2) is 18.1. The van der Waals surface area contributed by atoms with Crippen LogP contribution in [0.3, 0.4) is 0 Å². The summed E-state index contributed by atoms with van der Waals surface area (Å²) in [5.74, 6) is -0.439. The number of morpholine rings is 1. The van der Waals surface area contributed by atoms with E-state index in [1.54, 1.807) is 22.7 Å². The Hall–Kier alpha value is -4.57. The molecular weight excluding hydrogens is 751 g/mol. The van der Waals surface area contributed by atoms with Crippen LogP contribution < -0.4 is 26.0 Å². The lowest BCUT2D eigenvalue weighted by molar-refractivity contribution is -0.144. The normalized spacial score (nSPS) is 18.4. The molecule has 2 saturated heterocycles. The van der Waals surface area contributed by atoms with Gasteiger partial charge in [0.25, 0.3) is 0 Å². The number of aryl methyl sites for hydroxylation is 1. The van der Waals surface area contributed by atoms with E-state index in [1.807, 2.05) is 88.0 Å². The summed E-state index contributed by atoms with van der Waals surface area (Å²) in [5.41, 5.74) is 12.7. The van der Waals surface area contributed by atoms with Gasteiger partial charge in [-0.3, -0.25) is 14.4 Å². The molecule has 2 aromatic carbocycles. The summed E-state index contributed by atoms with van der Waals surface area (Å²) in [6, 6.07) is 11.5. The van der Waals surface area contributed by atoms with Crippen molar-refractivity contribution in [1.29, 1.82) is 0 Å². The molecule has 0 unspecified atom stereocenters. The number of nitrogen functional groups attached to an aromatic ring is 1. The summed E-state index contributed by atoms with van der Waals surface area (Å²) in [6.45, 7) is 12.9. The monoisotopic (exact) mass is 803 g/mol. The lowest BCUT2D eigenvalue weighted by Crippen LogP contribution is -2.57. The van der Waals surface area contributed by atoms with Crippen molar-refractivity contribution in [3.8, 4) is 27.4 Å². The quantitative estimate of drug-likeness (QED) is 0.0932. The number of nitrogens with two attached hydrogens (primary N) is 1. The number of nitrogens with zero attached hydrogens (tertiary/aromatic N) is 4. The number of benzene rings is 2. The zero-order chi connectivity index (χ0) is 40.0. The molecule has 56 heavy (non-hydrogen) atoms. The van der Waals surface area contributed by atoms with E-state index in [9.17, 15) is 19.5 Å². The number of hydrogen-bond donors (Lipinski definition) is 4. The Bertz CT molecular complexity index is 1970. The van der Waals surface area contributed by atoms with Gasteiger partial charge in [-0.1, -0.05) is 45.0 Å². The van der Waals surface area contributed by atoms with E-state index in [1.165, 1.54) is 4.90 Å². The van der Waals surface area contributed by atoms with Crippen LogP contribution in [0.25, 0.3) is 21.7 Å². The van der Waals surface area contributed by atoms with Crippen molar-refractivity contribution < 1.29 is 29.0 Å². The third-order valence-corrected chi connectivity index (χ3v) is 12.1. The molecule has 0 bridgehead atoms. The number of hydrogen-bond acceptors (Lipinski definition) is 12. The fourth-order valence-corrected chi connectivity index (χ4v) is 8.65. The molecule has 6 rings (SSSR count). The number of likely N-dealkylation sites (tertiary alicyclic amines) is 1. The summed E-state index contributed by atoms with van der Waals surface area (Å²) >= 11 is 3.19.